The maximum Gasteiger partial charge on any atom is 0.416 e. The summed E-state index contributed by atoms with van der Waals surface area (Å²) in [5.74, 6) is 0.814. The third-order valence-corrected chi connectivity index (χ3v) is 4.18. The average Bonchev–Trinajstić information content (AvgIpc) is 3.03. The molecule has 0 fully saturated rings. The lowest BCUT2D eigenvalue weighted by molar-refractivity contribution is -0.137. The van der Waals surface area contributed by atoms with Crippen molar-refractivity contribution in [2.75, 3.05) is 18.2 Å². The highest BCUT2D eigenvalue weighted by molar-refractivity contribution is 5.80. The number of nitrogens with one attached hydrogen (secondary N) is 1. The summed E-state index contributed by atoms with van der Waals surface area (Å²) in [6, 6.07) is 12.3. The third-order valence-electron chi connectivity index (χ3n) is 4.18. The first-order valence-corrected chi connectivity index (χ1v) is 8.45. The van der Waals surface area contributed by atoms with Crippen LogP contribution in [0.5, 0.6) is 5.75 Å². The normalized spacial score (nSPS) is 11.6. The van der Waals surface area contributed by atoms with Crippen LogP contribution in [0, 0.1) is 0 Å². The van der Waals surface area contributed by atoms with Crippen molar-refractivity contribution in [3.05, 3.63) is 60.3 Å². The van der Waals surface area contributed by atoms with Gasteiger partial charge >= 0.3 is 6.18 Å². The predicted molar refractivity (Wildman–Crippen MR) is 102 cm³/mol. The number of imidazole rings is 1. The van der Waals surface area contributed by atoms with Crippen LogP contribution in [0.4, 0.5) is 30.8 Å². The van der Waals surface area contributed by atoms with Crippen LogP contribution >= 0.6 is 0 Å². The van der Waals surface area contributed by atoms with Gasteiger partial charge in [-0.2, -0.15) is 18.2 Å². The first kappa shape index (κ1) is 18.5. The number of hydrogen-bond donors (Lipinski definition) is 2. The van der Waals surface area contributed by atoms with Crippen LogP contribution in [0.2, 0.25) is 0 Å². The lowest BCUT2D eigenvalue weighted by atomic mass is 10.2. The summed E-state index contributed by atoms with van der Waals surface area (Å²) in [7, 11) is 1.29. The maximum atomic E-state index is 13.1. The molecule has 0 unspecified atom stereocenters. The molecular weight excluding hydrogens is 385 g/mol. The van der Waals surface area contributed by atoms with E-state index in [1.54, 1.807) is 10.6 Å². The fraction of sp³-hybridized carbons (Fsp3) is 0.105. The monoisotopic (exact) mass is 400 g/mol. The maximum absolute atomic E-state index is 13.1. The van der Waals surface area contributed by atoms with E-state index in [4.69, 9.17) is 10.5 Å². The van der Waals surface area contributed by atoms with Crippen molar-refractivity contribution in [3.8, 4) is 11.6 Å². The number of para-hydroxylation sites is 2. The molecule has 0 bridgehead atoms. The lowest BCUT2D eigenvalue weighted by Gasteiger charge is -2.13. The van der Waals surface area contributed by atoms with Gasteiger partial charge in [-0.15, -0.1) is 0 Å². The number of nitrogens with two attached hydrogens (primary N) is 1. The van der Waals surface area contributed by atoms with Crippen LogP contribution < -0.4 is 15.8 Å². The molecule has 2 heterocycles. The van der Waals surface area contributed by atoms with Crippen molar-refractivity contribution >= 4 is 28.6 Å². The Morgan fingerprint density at radius 3 is 2.62 bits per heavy atom. The number of nitrogen functional groups attached to an aromatic ring is 1. The van der Waals surface area contributed by atoms with E-state index in [9.17, 15) is 13.2 Å². The minimum Gasteiger partial charge on any atom is -0.497 e. The second kappa shape index (κ2) is 6.97. The van der Waals surface area contributed by atoms with Gasteiger partial charge in [0.1, 0.15) is 11.6 Å². The van der Waals surface area contributed by atoms with Crippen LogP contribution in [-0.2, 0) is 6.18 Å². The van der Waals surface area contributed by atoms with Gasteiger partial charge in [0.05, 0.1) is 23.7 Å². The van der Waals surface area contributed by atoms with Gasteiger partial charge in [-0.3, -0.25) is 4.57 Å². The summed E-state index contributed by atoms with van der Waals surface area (Å²) in [6.07, 6.45) is -3.04. The van der Waals surface area contributed by atoms with Gasteiger partial charge < -0.3 is 15.8 Å². The van der Waals surface area contributed by atoms with Crippen LogP contribution in [0.15, 0.2) is 54.7 Å². The van der Waals surface area contributed by atoms with Crippen molar-refractivity contribution in [3.63, 3.8) is 0 Å². The number of nitrogens with zero attached hydrogens (tertiary/aromatic N) is 4. The van der Waals surface area contributed by atoms with Crippen molar-refractivity contribution in [1.82, 2.24) is 19.5 Å². The molecule has 0 aliphatic heterocycles. The first-order chi connectivity index (χ1) is 13.8. The molecular formula is C19H15F3N6O. The van der Waals surface area contributed by atoms with Crippen molar-refractivity contribution < 1.29 is 17.9 Å². The summed E-state index contributed by atoms with van der Waals surface area (Å²) in [5, 5.41) is 2.78. The third kappa shape index (κ3) is 3.64. The van der Waals surface area contributed by atoms with Gasteiger partial charge in [0.2, 0.25) is 11.9 Å². The number of benzene rings is 2. The van der Waals surface area contributed by atoms with E-state index in [0.29, 0.717) is 11.3 Å². The van der Waals surface area contributed by atoms with Gasteiger partial charge in [0, 0.05) is 24.0 Å². The Bertz CT molecular complexity index is 1190. The SMILES string of the molecule is COc1cc(Nc2nccc(-n3c(N)nc4ccccc43)n2)cc(C(F)(F)F)c1. The zero-order valence-corrected chi connectivity index (χ0v) is 15.1. The second-order valence-corrected chi connectivity index (χ2v) is 6.11. The number of halogens is 3. The van der Waals surface area contributed by atoms with Crippen LogP contribution in [0.1, 0.15) is 5.56 Å². The van der Waals surface area contributed by atoms with Gasteiger partial charge in [0.25, 0.3) is 0 Å². The summed E-state index contributed by atoms with van der Waals surface area (Å²) >= 11 is 0. The molecule has 0 saturated heterocycles. The first-order valence-electron chi connectivity index (χ1n) is 8.45. The Balaban J connectivity index is 1.73. The molecule has 0 aliphatic rings. The van der Waals surface area contributed by atoms with E-state index in [1.165, 1.54) is 19.4 Å². The Morgan fingerprint density at radius 1 is 1.07 bits per heavy atom. The number of alkyl halides is 3. The predicted octanol–water partition coefficient (Wildman–Crippen LogP) is 4.17. The molecule has 0 saturated carbocycles. The molecule has 4 rings (SSSR count). The average molecular weight is 400 g/mol. The fourth-order valence-corrected chi connectivity index (χ4v) is 2.90. The zero-order chi connectivity index (χ0) is 20.6. The number of anilines is 3. The van der Waals surface area contributed by atoms with E-state index >= 15 is 0 Å². The largest absolute Gasteiger partial charge is 0.497 e. The summed E-state index contributed by atoms with van der Waals surface area (Å²) in [5.41, 5.74) is 6.75. The molecule has 4 aromatic rings. The number of fused-ring (bicyclic) bond motifs is 1. The van der Waals surface area contributed by atoms with Crippen molar-refractivity contribution in [2.45, 2.75) is 6.18 Å². The lowest BCUT2D eigenvalue weighted by Crippen LogP contribution is -2.08. The van der Waals surface area contributed by atoms with E-state index in [-0.39, 0.29) is 23.3 Å². The van der Waals surface area contributed by atoms with Crippen molar-refractivity contribution in [1.29, 1.82) is 0 Å². The molecule has 0 spiro atoms. The molecule has 7 nitrogen and oxygen atoms in total. The van der Waals surface area contributed by atoms with Crippen LogP contribution in [0.3, 0.4) is 0 Å². The highest BCUT2D eigenvalue weighted by atomic mass is 19.4. The van der Waals surface area contributed by atoms with Gasteiger partial charge in [-0.1, -0.05) is 12.1 Å². The number of ether oxygens (including phenoxy) is 1. The highest BCUT2D eigenvalue weighted by Crippen LogP contribution is 2.34. The molecule has 0 radical (unpaired) electrons. The molecule has 2 aromatic carbocycles. The molecule has 148 valence electrons. The Kier molecular flexibility index (Phi) is 4.45. The van der Waals surface area contributed by atoms with E-state index < -0.39 is 11.7 Å². The van der Waals surface area contributed by atoms with Gasteiger partial charge in [-0.25, -0.2) is 9.97 Å². The zero-order valence-electron chi connectivity index (χ0n) is 15.1. The standard InChI is InChI=1S/C19H15F3N6O/c1-29-13-9-11(19(20,21)22)8-12(10-13)25-18-24-7-6-16(27-18)28-15-5-3-2-4-14(15)26-17(28)23/h2-10H,1H3,(H2,23,26)(H,24,25,27). The minimum absolute atomic E-state index is 0.0586. The van der Waals surface area contributed by atoms with Gasteiger partial charge in [-0.05, 0) is 24.3 Å². The molecule has 0 aliphatic carbocycles. The van der Waals surface area contributed by atoms with Gasteiger partial charge in [0.15, 0.2) is 0 Å². The van der Waals surface area contributed by atoms with E-state index in [0.717, 1.165) is 17.6 Å². The Hall–Kier alpha value is -3.82. The highest BCUT2D eigenvalue weighted by Gasteiger charge is 2.31. The van der Waals surface area contributed by atoms with Crippen LogP contribution in [0.25, 0.3) is 16.9 Å². The van der Waals surface area contributed by atoms with E-state index in [1.807, 2.05) is 24.3 Å². The Labute approximate surface area is 163 Å². The quantitative estimate of drug-likeness (QED) is 0.534. The van der Waals surface area contributed by atoms with Crippen molar-refractivity contribution in [2.24, 2.45) is 0 Å². The van der Waals surface area contributed by atoms with Crippen LogP contribution in [-0.4, -0.2) is 26.6 Å². The molecule has 0 atom stereocenters. The topological polar surface area (TPSA) is 90.9 Å². The number of aromatic nitrogens is 4. The molecule has 0 amide bonds. The summed E-state index contributed by atoms with van der Waals surface area (Å²) in [6.45, 7) is 0. The van der Waals surface area contributed by atoms with E-state index in [2.05, 4.69) is 20.3 Å². The molecule has 3 N–H and O–H groups in total. The summed E-state index contributed by atoms with van der Waals surface area (Å²) < 4.78 is 46.0. The molecule has 29 heavy (non-hydrogen) atoms. The molecule has 2 aromatic heterocycles. The molecule has 10 heteroatoms. The number of rotatable bonds is 4. The number of methoxy groups -OCH3 is 1. The fourth-order valence-electron chi connectivity index (χ4n) is 2.90. The summed E-state index contributed by atoms with van der Waals surface area (Å²) in [4.78, 5) is 12.7. The number of hydrogen-bond acceptors (Lipinski definition) is 6. The minimum atomic E-state index is -4.52. The smallest absolute Gasteiger partial charge is 0.416 e. The second-order valence-electron chi connectivity index (χ2n) is 6.11. The Morgan fingerprint density at radius 2 is 1.86 bits per heavy atom.